The lowest BCUT2D eigenvalue weighted by atomic mass is 10.1. The monoisotopic (exact) mass is 283 g/mol. The van der Waals surface area contributed by atoms with E-state index >= 15 is 0 Å². The fraction of sp³-hybridized carbons (Fsp3) is 0.600. The van der Waals surface area contributed by atoms with Gasteiger partial charge in [0, 0.05) is 12.8 Å². The molecule has 2 N–H and O–H groups in total. The minimum Gasteiger partial charge on any atom is -0.491 e. The van der Waals surface area contributed by atoms with Crippen LogP contribution in [-0.2, 0) is 14.2 Å². The van der Waals surface area contributed by atoms with Crippen LogP contribution in [0.15, 0.2) is 12.1 Å². The van der Waals surface area contributed by atoms with E-state index in [4.69, 9.17) is 24.7 Å². The van der Waals surface area contributed by atoms with Gasteiger partial charge in [-0.25, -0.2) is 0 Å². The minimum atomic E-state index is 0.518. The average Bonchev–Trinajstić information content (AvgIpc) is 2.39. The van der Waals surface area contributed by atoms with E-state index in [-0.39, 0.29) is 0 Å². The first kappa shape index (κ1) is 16.8. The van der Waals surface area contributed by atoms with Gasteiger partial charge in [0.2, 0.25) is 0 Å². The van der Waals surface area contributed by atoms with E-state index in [0.717, 1.165) is 22.6 Å². The van der Waals surface area contributed by atoms with E-state index in [9.17, 15) is 0 Å². The molecule has 20 heavy (non-hydrogen) atoms. The Kier molecular flexibility index (Phi) is 8.02. The number of benzene rings is 1. The number of aryl methyl sites for hydroxylation is 2. The molecule has 0 aliphatic carbocycles. The maximum atomic E-state index is 5.77. The second-order valence-corrected chi connectivity index (χ2v) is 4.55. The molecule has 0 unspecified atom stereocenters. The second-order valence-electron chi connectivity index (χ2n) is 4.55. The summed E-state index contributed by atoms with van der Waals surface area (Å²) in [5.41, 5.74) is 8.62. The summed E-state index contributed by atoms with van der Waals surface area (Å²) in [6.45, 7) is 7.38. The van der Waals surface area contributed by atoms with Gasteiger partial charge in [0.05, 0.1) is 33.0 Å². The van der Waals surface area contributed by atoms with Crippen LogP contribution < -0.4 is 10.5 Å². The standard InChI is InChI=1S/C15H25NO4/c1-12-10-14(16)11-13(2)15(12)20-9-8-19-7-6-18-5-4-17-3/h10-11H,4-9,16H2,1-3H3. The zero-order valence-electron chi connectivity index (χ0n) is 12.6. The molecule has 1 rings (SSSR count). The van der Waals surface area contributed by atoms with Crippen LogP contribution in [0.2, 0.25) is 0 Å². The molecule has 0 aromatic heterocycles. The summed E-state index contributed by atoms with van der Waals surface area (Å²) in [6, 6.07) is 3.82. The highest BCUT2D eigenvalue weighted by molar-refractivity contribution is 5.52. The number of nitrogens with two attached hydrogens (primary N) is 1. The SMILES string of the molecule is COCCOCCOCCOc1c(C)cc(N)cc1C. The van der Waals surface area contributed by atoms with Crippen molar-refractivity contribution in [2.45, 2.75) is 13.8 Å². The van der Waals surface area contributed by atoms with Gasteiger partial charge >= 0.3 is 0 Å². The average molecular weight is 283 g/mol. The van der Waals surface area contributed by atoms with Crippen molar-refractivity contribution in [2.24, 2.45) is 0 Å². The van der Waals surface area contributed by atoms with Crippen molar-refractivity contribution in [1.82, 2.24) is 0 Å². The summed E-state index contributed by atoms with van der Waals surface area (Å²) in [7, 11) is 1.65. The number of rotatable bonds is 10. The van der Waals surface area contributed by atoms with E-state index in [1.807, 2.05) is 26.0 Å². The molecule has 0 bridgehead atoms. The van der Waals surface area contributed by atoms with Gasteiger partial charge < -0.3 is 24.7 Å². The van der Waals surface area contributed by atoms with Crippen LogP contribution in [0.25, 0.3) is 0 Å². The van der Waals surface area contributed by atoms with E-state index in [0.29, 0.717) is 39.6 Å². The smallest absolute Gasteiger partial charge is 0.125 e. The third-order valence-corrected chi connectivity index (χ3v) is 2.76. The summed E-state index contributed by atoms with van der Waals surface area (Å²) in [5, 5.41) is 0. The van der Waals surface area contributed by atoms with Crippen LogP contribution in [0, 0.1) is 13.8 Å². The lowest BCUT2D eigenvalue weighted by molar-refractivity contribution is 0.0179. The summed E-state index contributed by atoms with van der Waals surface area (Å²) >= 11 is 0. The molecular formula is C15H25NO4. The lowest BCUT2D eigenvalue weighted by Gasteiger charge is -2.13. The molecule has 0 aliphatic heterocycles. The summed E-state index contributed by atoms with van der Waals surface area (Å²) in [6.07, 6.45) is 0. The molecule has 1 aromatic carbocycles. The summed E-state index contributed by atoms with van der Waals surface area (Å²) in [5.74, 6) is 0.888. The lowest BCUT2D eigenvalue weighted by Crippen LogP contribution is -2.13. The molecule has 0 aliphatic rings. The van der Waals surface area contributed by atoms with Crippen molar-refractivity contribution in [3.05, 3.63) is 23.3 Å². The molecule has 0 heterocycles. The van der Waals surface area contributed by atoms with Crippen LogP contribution in [0.4, 0.5) is 5.69 Å². The number of hydrogen-bond acceptors (Lipinski definition) is 5. The van der Waals surface area contributed by atoms with Crippen LogP contribution >= 0.6 is 0 Å². The van der Waals surface area contributed by atoms with Gasteiger partial charge in [-0.3, -0.25) is 0 Å². The van der Waals surface area contributed by atoms with Crippen LogP contribution in [0.5, 0.6) is 5.75 Å². The van der Waals surface area contributed by atoms with Crippen molar-refractivity contribution in [3.63, 3.8) is 0 Å². The predicted octanol–water partition coefficient (Wildman–Crippen LogP) is 1.94. The number of nitrogen functional groups attached to an aromatic ring is 1. The highest BCUT2D eigenvalue weighted by atomic mass is 16.6. The van der Waals surface area contributed by atoms with Gasteiger partial charge in [-0.2, -0.15) is 0 Å². The Balaban J connectivity index is 2.13. The van der Waals surface area contributed by atoms with Crippen LogP contribution in [0.1, 0.15) is 11.1 Å². The van der Waals surface area contributed by atoms with E-state index in [2.05, 4.69) is 0 Å². The Morgan fingerprint density at radius 2 is 1.35 bits per heavy atom. The molecule has 0 radical (unpaired) electrons. The summed E-state index contributed by atoms with van der Waals surface area (Å²) in [4.78, 5) is 0. The molecule has 5 heteroatoms. The molecule has 5 nitrogen and oxygen atoms in total. The second kappa shape index (κ2) is 9.58. The van der Waals surface area contributed by atoms with Crippen molar-refractivity contribution >= 4 is 5.69 Å². The minimum absolute atomic E-state index is 0.518. The first-order chi connectivity index (χ1) is 9.65. The van der Waals surface area contributed by atoms with Crippen LogP contribution in [0.3, 0.4) is 0 Å². The largest absolute Gasteiger partial charge is 0.491 e. The van der Waals surface area contributed by atoms with Gasteiger partial charge in [-0.05, 0) is 37.1 Å². The molecule has 114 valence electrons. The number of methoxy groups -OCH3 is 1. The van der Waals surface area contributed by atoms with Crippen molar-refractivity contribution in [2.75, 3.05) is 52.5 Å². The Morgan fingerprint density at radius 3 is 1.90 bits per heavy atom. The molecule has 0 spiro atoms. The van der Waals surface area contributed by atoms with E-state index in [1.54, 1.807) is 7.11 Å². The van der Waals surface area contributed by atoms with E-state index < -0.39 is 0 Å². The maximum absolute atomic E-state index is 5.77. The highest BCUT2D eigenvalue weighted by Gasteiger charge is 2.04. The number of hydrogen-bond donors (Lipinski definition) is 1. The van der Waals surface area contributed by atoms with Gasteiger partial charge in [0.25, 0.3) is 0 Å². The molecule has 0 fully saturated rings. The molecular weight excluding hydrogens is 258 g/mol. The quantitative estimate of drug-likeness (QED) is 0.525. The first-order valence-electron chi connectivity index (χ1n) is 6.79. The molecule has 0 saturated carbocycles. The fourth-order valence-corrected chi connectivity index (χ4v) is 1.88. The first-order valence-corrected chi connectivity index (χ1v) is 6.79. The number of ether oxygens (including phenoxy) is 4. The van der Waals surface area contributed by atoms with Crippen LogP contribution in [-0.4, -0.2) is 46.8 Å². The van der Waals surface area contributed by atoms with Gasteiger partial charge in [0.1, 0.15) is 12.4 Å². The maximum Gasteiger partial charge on any atom is 0.125 e. The Labute approximate surface area is 121 Å². The number of anilines is 1. The predicted molar refractivity (Wildman–Crippen MR) is 79.3 cm³/mol. The third kappa shape index (κ3) is 6.23. The van der Waals surface area contributed by atoms with Gasteiger partial charge in [-0.15, -0.1) is 0 Å². The highest BCUT2D eigenvalue weighted by Crippen LogP contribution is 2.25. The van der Waals surface area contributed by atoms with Crippen molar-refractivity contribution in [1.29, 1.82) is 0 Å². The van der Waals surface area contributed by atoms with Gasteiger partial charge in [-0.1, -0.05) is 0 Å². The topological polar surface area (TPSA) is 62.9 Å². The normalized spacial score (nSPS) is 10.8. The zero-order valence-corrected chi connectivity index (χ0v) is 12.6. The molecule has 0 saturated heterocycles. The van der Waals surface area contributed by atoms with Gasteiger partial charge in [0.15, 0.2) is 0 Å². The zero-order chi connectivity index (χ0) is 14.8. The Bertz CT molecular complexity index is 372. The summed E-state index contributed by atoms with van der Waals surface area (Å²) < 4.78 is 21.3. The Morgan fingerprint density at radius 1 is 0.850 bits per heavy atom. The molecule has 0 atom stereocenters. The molecule has 0 amide bonds. The van der Waals surface area contributed by atoms with Crippen molar-refractivity contribution in [3.8, 4) is 5.75 Å². The third-order valence-electron chi connectivity index (χ3n) is 2.76. The fourth-order valence-electron chi connectivity index (χ4n) is 1.88. The van der Waals surface area contributed by atoms with Crippen molar-refractivity contribution < 1.29 is 18.9 Å². The molecule has 1 aromatic rings. The van der Waals surface area contributed by atoms with E-state index in [1.165, 1.54) is 0 Å². The Hall–Kier alpha value is -1.30.